The van der Waals surface area contributed by atoms with Gasteiger partial charge in [0, 0.05) is 13.2 Å². The molecular formula is C7H12O3. The zero-order valence-electron chi connectivity index (χ0n) is 6.29. The van der Waals surface area contributed by atoms with E-state index in [1.54, 1.807) is 7.11 Å². The number of hydrogen-bond acceptors (Lipinski definition) is 3. The van der Waals surface area contributed by atoms with E-state index < -0.39 is 5.97 Å². The van der Waals surface area contributed by atoms with Gasteiger partial charge in [0.25, 0.3) is 0 Å². The highest BCUT2D eigenvalue weighted by molar-refractivity contribution is 5.81. The Labute approximate surface area is 60.6 Å². The molecule has 3 nitrogen and oxygen atoms in total. The molecule has 0 spiro atoms. The van der Waals surface area contributed by atoms with Crippen molar-refractivity contribution in [1.29, 1.82) is 0 Å². The Kier molecular flexibility index (Phi) is 4.58. The third-order valence-corrected chi connectivity index (χ3v) is 1.03. The molecule has 0 aliphatic heterocycles. The second kappa shape index (κ2) is 4.99. The molecule has 1 unspecified atom stereocenters. The van der Waals surface area contributed by atoms with Gasteiger partial charge in [-0.3, -0.25) is 0 Å². The van der Waals surface area contributed by atoms with Crippen LogP contribution in [0, 0.1) is 0 Å². The molecule has 0 aliphatic carbocycles. The van der Waals surface area contributed by atoms with Crippen LogP contribution in [0.5, 0.6) is 0 Å². The quantitative estimate of drug-likeness (QED) is 0.431. The molecule has 0 radical (unpaired) electrons. The lowest BCUT2D eigenvalue weighted by Gasteiger charge is -2.07. The monoisotopic (exact) mass is 144 g/mol. The van der Waals surface area contributed by atoms with Crippen molar-refractivity contribution < 1.29 is 14.3 Å². The fraction of sp³-hybridized carbons (Fsp3) is 0.571. The average molecular weight is 144 g/mol. The maximum absolute atomic E-state index is 10.4. The molecule has 0 heterocycles. The van der Waals surface area contributed by atoms with E-state index in [1.165, 1.54) is 0 Å². The lowest BCUT2D eigenvalue weighted by atomic mass is 10.4. The van der Waals surface area contributed by atoms with E-state index in [4.69, 9.17) is 4.74 Å². The summed E-state index contributed by atoms with van der Waals surface area (Å²) in [6.45, 7) is 5.34. The summed E-state index contributed by atoms with van der Waals surface area (Å²) < 4.78 is 9.50. The minimum absolute atomic E-state index is 0.0519. The van der Waals surface area contributed by atoms with Gasteiger partial charge in [0.15, 0.2) is 0 Å². The minimum atomic E-state index is -0.413. The van der Waals surface area contributed by atoms with Crippen LogP contribution in [0.4, 0.5) is 0 Å². The number of hydrogen-bond donors (Lipinski definition) is 0. The van der Waals surface area contributed by atoms with Gasteiger partial charge in [-0.25, -0.2) is 4.79 Å². The molecule has 0 aliphatic rings. The second-order valence-corrected chi connectivity index (χ2v) is 1.88. The van der Waals surface area contributed by atoms with E-state index in [0.717, 1.165) is 6.08 Å². The molecule has 0 saturated heterocycles. The molecule has 0 N–H and O–H groups in total. The lowest BCUT2D eigenvalue weighted by Crippen LogP contribution is -2.16. The van der Waals surface area contributed by atoms with E-state index in [-0.39, 0.29) is 12.7 Å². The van der Waals surface area contributed by atoms with Gasteiger partial charge in [0.2, 0.25) is 0 Å². The molecule has 1 atom stereocenters. The van der Waals surface area contributed by atoms with E-state index in [9.17, 15) is 4.79 Å². The van der Waals surface area contributed by atoms with Gasteiger partial charge in [-0.05, 0) is 6.92 Å². The van der Waals surface area contributed by atoms with Gasteiger partial charge in [0.05, 0.1) is 6.10 Å². The highest BCUT2D eigenvalue weighted by Crippen LogP contribution is 1.89. The molecule has 0 saturated carbocycles. The van der Waals surface area contributed by atoms with Gasteiger partial charge in [-0.15, -0.1) is 0 Å². The normalized spacial score (nSPS) is 12.2. The molecule has 0 aromatic carbocycles. The lowest BCUT2D eigenvalue weighted by molar-refractivity contribution is -0.140. The molecule has 0 fully saturated rings. The standard InChI is InChI=1S/C7H12O3/c1-4-7(8)10-5-6(2)9-3/h4,6H,1,5H2,2-3H3. The van der Waals surface area contributed by atoms with Gasteiger partial charge >= 0.3 is 5.97 Å². The van der Waals surface area contributed by atoms with Crippen molar-refractivity contribution in [2.24, 2.45) is 0 Å². The third-order valence-electron chi connectivity index (χ3n) is 1.03. The van der Waals surface area contributed by atoms with Crippen LogP contribution >= 0.6 is 0 Å². The van der Waals surface area contributed by atoms with E-state index in [1.807, 2.05) is 6.92 Å². The summed E-state index contributed by atoms with van der Waals surface area (Å²) >= 11 is 0. The van der Waals surface area contributed by atoms with Crippen LogP contribution in [-0.4, -0.2) is 25.8 Å². The van der Waals surface area contributed by atoms with Gasteiger partial charge in [-0.2, -0.15) is 0 Å². The Hall–Kier alpha value is -0.830. The fourth-order valence-electron chi connectivity index (χ4n) is 0.326. The average Bonchev–Trinajstić information content (AvgIpc) is 1.99. The molecule has 0 aromatic rings. The van der Waals surface area contributed by atoms with Crippen LogP contribution in [0.25, 0.3) is 0 Å². The number of carbonyl (C=O) groups is 1. The highest BCUT2D eigenvalue weighted by atomic mass is 16.6. The molecule has 58 valence electrons. The second-order valence-electron chi connectivity index (χ2n) is 1.88. The zero-order chi connectivity index (χ0) is 7.98. The summed E-state index contributed by atoms with van der Waals surface area (Å²) in [5.74, 6) is -0.413. The topological polar surface area (TPSA) is 35.5 Å². The van der Waals surface area contributed by atoms with Crippen LogP contribution in [0.2, 0.25) is 0 Å². The number of ether oxygens (including phenoxy) is 2. The first-order chi connectivity index (χ1) is 4.70. The third kappa shape index (κ3) is 4.09. The first kappa shape index (κ1) is 9.17. The van der Waals surface area contributed by atoms with Crippen LogP contribution in [0.15, 0.2) is 12.7 Å². The Morgan fingerprint density at radius 3 is 2.80 bits per heavy atom. The fourth-order valence-corrected chi connectivity index (χ4v) is 0.326. The smallest absolute Gasteiger partial charge is 0.330 e. The highest BCUT2D eigenvalue weighted by Gasteiger charge is 2.01. The van der Waals surface area contributed by atoms with Crippen molar-refractivity contribution in [2.75, 3.05) is 13.7 Å². The van der Waals surface area contributed by atoms with Crippen LogP contribution in [0.3, 0.4) is 0 Å². The number of rotatable bonds is 4. The van der Waals surface area contributed by atoms with E-state index in [0.29, 0.717) is 0 Å². The first-order valence-corrected chi connectivity index (χ1v) is 3.02. The van der Waals surface area contributed by atoms with Crippen molar-refractivity contribution in [3.05, 3.63) is 12.7 Å². The summed E-state index contributed by atoms with van der Waals surface area (Å²) in [6.07, 6.45) is 1.08. The summed E-state index contributed by atoms with van der Waals surface area (Å²) in [5, 5.41) is 0. The number of esters is 1. The Bertz CT molecular complexity index is 120. The van der Waals surface area contributed by atoms with Crippen molar-refractivity contribution in [2.45, 2.75) is 13.0 Å². The summed E-state index contributed by atoms with van der Waals surface area (Å²) in [7, 11) is 1.56. The predicted octanol–water partition coefficient (Wildman–Crippen LogP) is 0.750. The summed E-state index contributed by atoms with van der Waals surface area (Å²) in [4.78, 5) is 10.4. The van der Waals surface area contributed by atoms with Crippen molar-refractivity contribution in [3.8, 4) is 0 Å². The molecule has 0 rings (SSSR count). The van der Waals surface area contributed by atoms with E-state index in [2.05, 4.69) is 11.3 Å². The number of carbonyl (C=O) groups excluding carboxylic acids is 1. The Morgan fingerprint density at radius 2 is 2.40 bits per heavy atom. The molecular weight excluding hydrogens is 132 g/mol. The van der Waals surface area contributed by atoms with Gasteiger partial charge in [0.1, 0.15) is 6.61 Å². The predicted molar refractivity (Wildman–Crippen MR) is 37.6 cm³/mol. The number of methoxy groups -OCH3 is 1. The maximum Gasteiger partial charge on any atom is 0.330 e. The molecule has 10 heavy (non-hydrogen) atoms. The van der Waals surface area contributed by atoms with Crippen LogP contribution < -0.4 is 0 Å². The molecule has 0 amide bonds. The minimum Gasteiger partial charge on any atom is -0.460 e. The van der Waals surface area contributed by atoms with Crippen molar-refractivity contribution >= 4 is 5.97 Å². The maximum atomic E-state index is 10.4. The van der Waals surface area contributed by atoms with Crippen molar-refractivity contribution in [1.82, 2.24) is 0 Å². The summed E-state index contributed by atoms with van der Waals surface area (Å²) in [6, 6.07) is 0. The molecule has 3 heteroatoms. The Balaban J connectivity index is 3.34. The van der Waals surface area contributed by atoms with Crippen molar-refractivity contribution in [3.63, 3.8) is 0 Å². The zero-order valence-corrected chi connectivity index (χ0v) is 6.29. The van der Waals surface area contributed by atoms with E-state index >= 15 is 0 Å². The van der Waals surface area contributed by atoms with Crippen LogP contribution in [0.1, 0.15) is 6.92 Å². The summed E-state index contributed by atoms with van der Waals surface area (Å²) in [5.41, 5.74) is 0. The largest absolute Gasteiger partial charge is 0.460 e. The SMILES string of the molecule is C=CC(=O)OCC(C)OC. The van der Waals surface area contributed by atoms with Gasteiger partial charge in [-0.1, -0.05) is 6.58 Å². The first-order valence-electron chi connectivity index (χ1n) is 3.02. The molecule has 0 aromatic heterocycles. The molecule has 0 bridgehead atoms. The Morgan fingerprint density at radius 1 is 1.80 bits per heavy atom. The van der Waals surface area contributed by atoms with Crippen LogP contribution in [-0.2, 0) is 14.3 Å². The van der Waals surface area contributed by atoms with Gasteiger partial charge < -0.3 is 9.47 Å².